The van der Waals surface area contributed by atoms with Crippen molar-refractivity contribution >= 4 is 17.4 Å². The monoisotopic (exact) mass is 244 g/mol. The lowest BCUT2D eigenvalue weighted by Gasteiger charge is -2.28. The number of anilines is 1. The highest BCUT2D eigenvalue weighted by Crippen LogP contribution is 2.23. The van der Waals surface area contributed by atoms with E-state index in [1.807, 2.05) is 0 Å². The van der Waals surface area contributed by atoms with Crippen LogP contribution in [0.4, 0.5) is 10.2 Å². The van der Waals surface area contributed by atoms with Crippen molar-refractivity contribution in [2.24, 2.45) is 0 Å². The molecule has 1 aliphatic rings. The highest BCUT2D eigenvalue weighted by molar-refractivity contribution is 6.30. The Balaban J connectivity index is 2.05. The van der Waals surface area contributed by atoms with Crippen molar-refractivity contribution in [2.75, 3.05) is 5.32 Å². The van der Waals surface area contributed by atoms with Gasteiger partial charge in [0.25, 0.3) is 0 Å². The molecule has 1 aromatic rings. The van der Waals surface area contributed by atoms with Crippen LogP contribution in [0.1, 0.15) is 25.7 Å². The minimum atomic E-state index is -0.531. The molecule has 0 aliphatic heterocycles. The predicted molar refractivity (Wildman–Crippen MR) is 61.1 cm³/mol. The summed E-state index contributed by atoms with van der Waals surface area (Å²) < 4.78 is 12.9. The van der Waals surface area contributed by atoms with E-state index in [0.717, 1.165) is 31.9 Å². The first-order valence-corrected chi connectivity index (χ1v) is 5.80. The standard InChI is InChI=1S/C11H14ClFN2O/c12-7-5-11(14-6-8(7)13)15-9-3-1-2-4-10(9)16/h5-6,9-10,16H,1-4H2,(H,14,15)/t9-,10-/m0/s1. The zero-order valence-corrected chi connectivity index (χ0v) is 9.54. The Labute approximate surface area is 98.6 Å². The van der Waals surface area contributed by atoms with Crippen molar-refractivity contribution in [3.8, 4) is 0 Å². The molecule has 0 aromatic carbocycles. The van der Waals surface area contributed by atoms with Crippen LogP contribution in [0.25, 0.3) is 0 Å². The summed E-state index contributed by atoms with van der Waals surface area (Å²) in [5.41, 5.74) is 0. The molecule has 2 N–H and O–H groups in total. The maximum Gasteiger partial charge on any atom is 0.160 e. The molecule has 0 spiro atoms. The van der Waals surface area contributed by atoms with E-state index in [-0.39, 0.29) is 17.2 Å². The van der Waals surface area contributed by atoms with Crippen LogP contribution in [0.15, 0.2) is 12.3 Å². The zero-order chi connectivity index (χ0) is 11.5. The van der Waals surface area contributed by atoms with Gasteiger partial charge in [0, 0.05) is 6.07 Å². The lowest BCUT2D eigenvalue weighted by Crippen LogP contribution is -2.36. The first-order valence-electron chi connectivity index (χ1n) is 5.42. The molecule has 0 unspecified atom stereocenters. The van der Waals surface area contributed by atoms with Crippen molar-refractivity contribution in [3.05, 3.63) is 23.1 Å². The SMILES string of the molecule is O[C@H]1CCCC[C@@H]1Nc1cc(Cl)c(F)cn1. The van der Waals surface area contributed by atoms with Gasteiger partial charge in [-0.3, -0.25) is 0 Å². The number of halogens is 2. The number of aliphatic hydroxyl groups excluding tert-OH is 1. The van der Waals surface area contributed by atoms with Crippen LogP contribution in [0.3, 0.4) is 0 Å². The summed E-state index contributed by atoms with van der Waals surface area (Å²) in [6.07, 6.45) is 4.56. The summed E-state index contributed by atoms with van der Waals surface area (Å²) in [7, 11) is 0. The summed E-state index contributed by atoms with van der Waals surface area (Å²) >= 11 is 5.65. The van der Waals surface area contributed by atoms with Gasteiger partial charge >= 0.3 is 0 Å². The topological polar surface area (TPSA) is 45.1 Å². The molecule has 0 bridgehead atoms. The molecule has 5 heteroatoms. The second-order valence-corrected chi connectivity index (χ2v) is 4.49. The molecular formula is C11H14ClFN2O. The molecule has 1 aromatic heterocycles. The average Bonchev–Trinajstić information content (AvgIpc) is 2.27. The van der Waals surface area contributed by atoms with Crippen LogP contribution < -0.4 is 5.32 Å². The van der Waals surface area contributed by atoms with Gasteiger partial charge in [0.05, 0.1) is 23.4 Å². The maximum atomic E-state index is 12.9. The number of hydrogen-bond donors (Lipinski definition) is 2. The van der Waals surface area contributed by atoms with Crippen molar-refractivity contribution in [3.63, 3.8) is 0 Å². The van der Waals surface area contributed by atoms with Crippen LogP contribution >= 0.6 is 11.6 Å². The fraction of sp³-hybridized carbons (Fsp3) is 0.545. The third-order valence-electron chi connectivity index (χ3n) is 2.87. The number of nitrogens with one attached hydrogen (secondary N) is 1. The van der Waals surface area contributed by atoms with Crippen molar-refractivity contribution < 1.29 is 9.50 Å². The molecule has 1 fully saturated rings. The number of hydrogen-bond acceptors (Lipinski definition) is 3. The summed E-state index contributed by atoms with van der Waals surface area (Å²) in [5.74, 6) is -0.0197. The number of nitrogens with zero attached hydrogens (tertiary/aromatic N) is 1. The van der Waals surface area contributed by atoms with Gasteiger partial charge in [-0.05, 0) is 12.8 Å². The molecular weight excluding hydrogens is 231 g/mol. The Morgan fingerprint density at radius 3 is 2.88 bits per heavy atom. The van der Waals surface area contributed by atoms with Crippen molar-refractivity contribution in [1.29, 1.82) is 0 Å². The molecule has 0 amide bonds. The third-order valence-corrected chi connectivity index (χ3v) is 3.16. The second-order valence-electron chi connectivity index (χ2n) is 4.09. The third kappa shape index (κ3) is 2.62. The van der Waals surface area contributed by atoms with Gasteiger partial charge in [-0.1, -0.05) is 24.4 Å². The van der Waals surface area contributed by atoms with Gasteiger partial charge in [-0.2, -0.15) is 0 Å². The molecule has 1 heterocycles. The molecule has 0 saturated heterocycles. The van der Waals surface area contributed by atoms with Gasteiger partial charge in [0.15, 0.2) is 5.82 Å². The first kappa shape index (κ1) is 11.6. The molecule has 3 nitrogen and oxygen atoms in total. The first-order chi connectivity index (χ1) is 7.66. The van der Waals surface area contributed by atoms with E-state index in [9.17, 15) is 9.50 Å². The van der Waals surface area contributed by atoms with Gasteiger partial charge in [-0.15, -0.1) is 0 Å². The number of aliphatic hydroxyl groups is 1. The Kier molecular flexibility index (Phi) is 3.61. The highest BCUT2D eigenvalue weighted by Gasteiger charge is 2.23. The van der Waals surface area contributed by atoms with E-state index in [0.29, 0.717) is 5.82 Å². The van der Waals surface area contributed by atoms with Crippen molar-refractivity contribution in [2.45, 2.75) is 37.8 Å². The van der Waals surface area contributed by atoms with Gasteiger partial charge in [0.2, 0.25) is 0 Å². The number of aromatic nitrogens is 1. The summed E-state index contributed by atoms with van der Waals surface area (Å²) in [6.45, 7) is 0. The van der Waals surface area contributed by atoms with Crippen LogP contribution in [-0.2, 0) is 0 Å². The Hall–Kier alpha value is -0.870. The molecule has 16 heavy (non-hydrogen) atoms. The molecule has 2 atom stereocenters. The molecule has 0 radical (unpaired) electrons. The van der Waals surface area contributed by atoms with Crippen LogP contribution in [0, 0.1) is 5.82 Å². The smallest absolute Gasteiger partial charge is 0.160 e. The summed E-state index contributed by atoms with van der Waals surface area (Å²) in [6, 6.07) is 1.43. The largest absolute Gasteiger partial charge is 0.391 e. The minimum absolute atomic E-state index is 0.0113. The van der Waals surface area contributed by atoms with Crippen LogP contribution in [0.5, 0.6) is 0 Å². The van der Waals surface area contributed by atoms with E-state index in [4.69, 9.17) is 11.6 Å². The quantitative estimate of drug-likeness (QED) is 0.841. The Morgan fingerprint density at radius 2 is 2.19 bits per heavy atom. The molecule has 88 valence electrons. The molecule has 2 rings (SSSR count). The van der Waals surface area contributed by atoms with Crippen molar-refractivity contribution in [1.82, 2.24) is 4.98 Å². The second kappa shape index (κ2) is 4.97. The zero-order valence-electron chi connectivity index (χ0n) is 8.79. The Bertz CT molecular complexity index is 375. The van der Waals surface area contributed by atoms with Gasteiger partial charge in [0.1, 0.15) is 5.82 Å². The average molecular weight is 245 g/mol. The maximum absolute atomic E-state index is 12.9. The predicted octanol–water partition coefficient (Wildman–Crippen LogP) is 2.59. The van der Waals surface area contributed by atoms with Crippen LogP contribution in [-0.4, -0.2) is 22.2 Å². The lowest BCUT2D eigenvalue weighted by atomic mass is 9.92. The van der Waals surface area contributed by atoms with Gasteiger partial charge in [-0.25, -0.2) is 9.37 Å². The number of rotatable bonds is 2. The summed E-state index contributed by atoms with van der Waals surface area (Å²) in [4.78, 5) is 3.89. The lowest BCUT2D eigenvalue weighted by molar-refractivity contribution is 0.116. The van der Waals surface area contributed by atoms with Gasteiger partial charge < -0.3 is 10.4 Å². The minimum Gasteiger partial charge on any atom is -0.391 e. The number of pyridine rings is 1. The Morgan fingerprint density at radius 1 is 1.44 bits per heavy atom. The summed E-state index contributed by atoms with van der Waals surface area (Å²) in [5, 5.41) is 12.9. The molecule has 1 aliphatic carbocycles. The fourth-order valence-electron chi connectivity index (χ4n) is 1.96. The van der Waals surface area contributed by atoms with E-state index in [1.54, 1.807) is 0 Å². The van der Waals surface area contributed by atoms with E-state index >= 15 is 0 Å². The normalized spacial score (nSPS) is 25.4. The fourth-order valence-corrected chi connectivity index (χ4v) is 2.11. The van der Waals surface area contributed by atoms with E-state index < -0.39 is 5.82 Å². The van der Waals surface area contributed by atoms with E-state index in [1.165, 1.54) is 6.07 Å². The molecule has 1 saturated carbocycles. The van der Waals surface area contributed by atoms with Crippen LogP contribution in [0.2, 0.25) is 5.02 Å². The van der Waals surface area contributed by atoms with E-state index in [2.05, 4.69) is 10.3 Å². The highest BCUT2D eigenvalue weighted by atomic mass is 35.5.